The van der Waals surface area contributed by atoms with E-state index in [1.54, 1.807) is 0 Å². The highest BCUT2D eigenvalue weighted by Gasteiger charge is 2.48. The molecule has 1 heterocycles. The van der Waals surface area contributed by atoms with Gasteiger partial charge in [-0.25, -0.2) is 4.98 Å². The summed E-state index contributed by atoms with van der Waals surface area (Å²) in [6.07, 6.45) is 1.70. The van der Waals surface area contributed by atoms with Gasteiger partial charge >= 0.3 is 0 Å². The fourth-order valence-corrected chi connectivity index (χ4v) is 1.97. The lowest BCUT2D eigenvalue weighted by Gasteiger charge is -2.06. The summed E-state index contributed by atoms with van der Waals surface area (Å²) in [4.78, 5) is 18.8. The molecule has 1 aliphatic carbocycles. The van der Waals surface area contributed by atoms with Crippen molar-refractivity contribution in [3.63, 3.8) is 0 Å². The Morgan fingerprint density at radius 1 is 1.60 bits per heavy atom. The number of aromatic amines is 1. The molecule has 4 nitrogen and oxygen atoms in total. The van der Waals surface area contributed by atoms with Gasteiger partial charge in [-0.15, -0.1) is 0 Å². The summed E-state index contributed by atoms with van der Waals surface area (Å²) >= 11 is 0. The van der Waals surface area contributed by atoms with Crippen molar-refractivity contribution in [2.45, 2.75) is 39.5 Å². The monoisotopic (exact) mass is 207 g/mol. The van der Waals surface area contributed by atoms with E-state index in [1.165, 1.54) is 0 Å². The maximum Gasteiger partial charge on any atom is 0.256 e. The van der Waals surface area contributed by atoms with E-state index in [0.717, 1.165) is 12.2 Å². The molecule has 1 aliphatic rings. The van der Waals surface area contributed by atoms with Gasteiger partial charge in [0.05, 0.1) is 5.56 Å². The van der Waals surface area contributed by atoms with Crippen LogP contribution < -0.4 is 11.3 Å². The van der Waals surface area contributed by atoms with Crippen molar-refractivity contribution < 1.29 is 0 Å². The summed E-state index contributed by atoms with van der Waals surface area (Å²) in [5.41, 5.74) is 6.53. The molecular weight excluding hydrogens is 190 g/mol. The van der Waals surface area contributed by atoms with Crippen molar-refractivity contribution in [2.24, 2.45) is 5.41 Å². The highest BCUT2D eigenvalue weighted by Crippen LogP contribution is 2.57. The number of nitrogen functional groups attached to an aromatic ring is 1. The van der Waals surface area contributed by atoms with Crippen molar-refractivity contribution in [3.8, 4) is 0 Å². The first kappa shape index (κ1) is 10.2. The van der Waals surface area contributed by atoms with Crippen LogP contribution in [0.2, 0.25) is 0 Å². The van der Waals surface area contributed by atoms with Gasteiger partial charge in [-0.3, -0.25) is 4.79 Å². The predicted octanol–water partition coefficient (Wildman–Crippen LogP) is 1.43. The lowest BCUT2D eigenvalue weighted by atomic mass is 10.1. The minimum atomic E-state index is -0.0808. The molecule has 15 heavy (non-hydrogen) atoms. The summed E-state index contributed by atoms with van der Waals surface area (Å²) in [6.45, 7) is 6.24. The molecule has 2 rings (SSSR count). The molecular formula is C11H17N3O. The Bertz CT molecular complexity index is 448. The first-order chi connectivity index (χ1) is 6.95. The molecule has 0 bridgehead atoms. The standard InChI is InChI=1S/C11H17N3O/c1-4-6-8(12)13-9(14-10(6)15)7-5-11(7,2)3/h7H,4-5H2,1-3H3,(H3,12,13,14,15). The van der Waals surface area contributed by atoms with Gasteiger partial charge in [-0.05, 0) is 18.3 Å². The molecule has 0 amide bonds. The Kier molecular flexibility index (Phi) is 2.10. The third-order valence-electron chi connectivity index (χ3n) is 3.26. The second-order valence-corrected chi connectivity index (χ2v) is 4.91. The van der Waals surface area contributed by atoms with Crippen molar-refractivity contribution in [1.82, 2.24) is 9.97 Å². The molecule has 0 aromatic carbocycles. The molecule has 1 unspecified atom stereocenters. The average Bonchev–Trinajstić information content (AvgIpc) is 2.74. The summed E-state index contributed by atoms with van der Waals surface area (Å²) in [5.74, 6) is 1.50. The molecule has 82 valence electrons. The number of anilines is 1. The van der Waals surface area contributed by atoms with Gasteiger partial charge in [-0.1, -0.05) is 20.8 Å². The topological polar surface area (TPSA) is 71.8 Å². The van der Waals surface area contributed by atoms with Crippen molar-refractivity contribution in [1.29, 1.82) is 0 Å². The summed E-state index contributed by atoms with van der Waals surface area (Å²) in [7, 11) is 0. The number of H-pyrrole nitrogens is 1. The van der Waals surface area contributed by atoms with Gasteiger partial charge in [0.25, 0.3) is 5.56 Å². The fraction of sp³-hybridized carbons (Fsp3) is 0.636. The molecule has 3 N–H and O–H groups in total. The maximum absolute atomic E-state index is 11.7. The van der Waals surface area contributed by atoms with Crippen LogP contribution >= 0.6 is 0 Å². The number of nitrogens with two attached hydrogens (primary N) is 1. The molecule has 1 atom stereocenters. The lowest BCUT2D eigenvalue weighted by Crippen LogP contribution is -2.19. The van der Waals surface area contributed by atoms with Gasteiger partial charge in [0.15, 0.2) is 0 Å². The molecule has 1 saturated carbocycles. The van der Waals surface area contributed by atoms with E-state index < -0.39 is 0 Å². The number of hydrogen-bond donors (Lipinski definition) is 2. The number of nitrogens with zero attached hydrogens (tertiary/aromatic N) is 1. The molecule has 0 spiro atoms. The number of nitrogens with one attached hydrogen (secondary N) is 1. The SMILES string of the molecule is CCc1c(N)nc(C2CC2(C)C)[nH]c1=O. The van der Waals surface area contributed by atoms with E-state index in [-0.39, 0.29) is 11.0 Å². The Balaban J connectivity index is 2.41. The Labute approximate surface area is 88.9 Å². The van der Waals surface area contributed by atoms with Crippen LogP contribution in [-0.4, -0.2) is 9.97 Å². The number of hydrogen-bond acceptors (Lipinski definition) is 3. The second kappa shape index (κ2) is 3.08. The smallest absolute Gasteiger partial charge is 0.256 e. The Morgan fingerprint density at radius 3 is 2.60 bits per heavy atom. The van der Waals surface area contributed by atoms with E-state index >= 15 is 0 Å². The summed E-state index contributed by atoms with van der Waals surface area (Å²) in [6, 6.07) is 0. The van der Waals surface area contributed by atoms with Crippen LogP contribution in [0.5, 0.6) is 0 Å². The zero-order valence-electron chi connectivity index (χ0n) is 9.42. The van der Waals surface area contributed by atoms with Gasteiger partial charge < -0.3 is 10.7 Å². The van der Waals surface area contributed by atoms with E-state index in [4.69, 9.17) is 5.73 Å². The van der Waals surface area contributed by atoms with E-state index in [1.807, 2.05) is 6.92 Å². The van der Waals surface area contributed by atoms with Crippen molar-refractivity contribution in [2.75, 3.05) is 5.73 Å². The molecule has 0 aliphatic heterocycles. The second-order valence-electron chi connectivity index (χ2n) is 4.91. The first-order valence-corrected chi connectivity index (χ1v) is 5.34. The normalized spacial score (nSPS) is 22.7. The zero-order chi connectivity index (χ0) is 11.2. The third kappa shape index (κ3) is 1.64. The Hall–Kier alpha value is -1.32. The van der Waals surface area contributed by atoms with Crippen LogP contribution in [0.15, 0.2) is 4.79 Å². The first-order valence-electron chi connectivity index (χ1n) is 5.34. The van der Waals surface area contributed by atoms with Crippen LogP contribution in [0, 0.1) is 5.41 Å². The molecule has 4 heteroatoms. The van der Waals surface area contributed by atoms with Gasteiger partial charge in [0.1, 0.15) is 11.6 Å². The highest BCUT2D eigenvalue weighted by molar-refractivity contribution is 5.38. The molecule has 0 radical (unpaired) electrons. The minimum Gasteiger partial charge on any atom is -0.383 e. The van der Waals surface area contributed by atoms with E-state index in [9.17, 15) is 4.79 Å². The molecule has 1 fully saturated rings. The van der Waals surface area contributed by atoms with Crippen molar-refractivity contribution >= 4 is 5.82 Å². The van der Waals surface area contributed by atoms with Crippen LogP contribution in [-0.2, 0) is 6.42 Å². The van der Waals surface area contributed by atoms with Crippen LogP contribution in [0.3, 0.4) is 0 Å². The maximum atomic E-state index is 11.7. The number of rotatable bonds is 2. The highest BCUT2D eigenvalue weighted by atomic mass is 16.1. The van der Waals surface area contributed by atoms with E-state index in [0.29, 0.717) is 23.7 Å². The largest absolute Gasteiger partial charge is 0.383 e. The third-order valence-corrected chi connectivity index (χ3v) is 3.26. The van der Waals surface area contributed by atoms with Gasteiger partial charge in [-0.2, -0.15) is 0 Å². The fourth-order valence-electron chi connectivity index (χ4n) is 1.97. The van der Waals surface area contributed by atoms with E-state index in [2.05, 4.69) is 23.8 Å². The summed E-state index contributed by atoms with van der Waals surface area (Å²) in [5, 5.41) is 0. The van der Waals surface area contributed by atoms with Gasteiger partial charge in [0, 0.05) is 5.92 Å². The van der Waals surface area contributed by atoms with Crippen molar-refractivity contribution in [3.05, 3.63) is 21.7 Å². The Morgan fingerprint density at radius 2 is 2.20 bits per heavy atom. The zero-order valence-corrected chi connectivity index (χ0v) is 9.42. The predicted molar refractivity (Wildman–Crippen MR) is 59.8 cm³/mol. The molecule has 1 aromatic heterocycles. The summed E-state index contributed by atoms with van der Waals surface area (Å²) < 4.78 is 0. The minimum absolute atomic E-state index is 0.0808. The van der Waals surface area contributed by atoms with Crippen LogP contribution in [0.25, 0.3) is 0 Å². The molecule has 1 aromatic rings. The average molecular weight is 207 g/mol. The lowest BCUT2D eigenvalue weighted by molar-refractivity contribution is 0.607. The van der Waals surface area contributed by atoms with Gasteiger partial charge in [0.2, 0.25) is 0 Å². The van der Waals surface area contributed by atoms with Crippen LogP contribution in [0.1, 0.15) is 44.5 Å². The van der Waals surface area contributed by atoms with Crippen LogP contribution in [0.4, 0.5) is 5.82 Å². The molecule has 0 saturated heterocycles. The number of aromatic nitrogens is 2. The quantitative estimate of drug-likeness (QED) is 0.770.